The summed E-state index contributed by atoms with van der Waals surface area (Å²) in [7, 11) is 0. The standard InChI is InChI=1S/C10H15N3O2/c1-6(4-5-11)8(9(12)14)13-10(15)7-2-3-7/h6-8H,2-4H2,1H3,(H2,12,14)(H,13,15)/t6-,8-/m1/s1. The minimum Gasteiger partial charge on any atom is -0.368 e. The molecule has 0 spiro atoms. The molecule has 0 aromatic carbocycles. The Bertz CT molecular complexity index is 304. The molecular weight excluding hydrogens is 194 g/mol. The summed E-state index contributed by atoms with van der Waals surface area (Å²) in [6, 6.07) is 1.24. The highest BCUT2D eigenvalue weighted by atomic mass is 16.2. The fourth-order valence-corrected chi connectivity index (χ4v) is 1.37. The van der Waals surface area contributed by atoms with Gasteiger partial charge in [0.05, 0.1) is 6.07 Å². The van der Waals surface area contributed by atoms with Crippen LogP contribution in [0, 0.1) is 23.2 Å². The van der Waals surface area contributed by atoms with Gasteiger partial charge in [0.2, 0.25) is 11.8 Å². The van der Waals surface area contributed by atoms with Gasteiger partial charge in [-0.3, -0.25) is 9.59 Å². The lowest BCUT2D eigenvalue weighted by molar-refractivity contribution is -0.129. The number of amides is 2. The van der Waals surface area contributed by atoms with Gasteiger partial charge in [0.25, 0.3) is 0 Å². The third-order valence-corrected chi connectivity index (χ3v) is 2.53. The smallest absolute Gasteiger partial charge is 0.240 e. The van der Waals surface area contributed by atoms with E-state index in [2.05, 4.69) is 5.32 Å². The fraction of sp³-hybridized carbons (Fsp3) is 0.700. The number of nitriles is 1. The van der Waals surface area contributed by atoms with Crippen molar-refractivity contribution in [3.63, 3.8) is 0 Å². The molecule has 0 heterocycles. The van der Waals surface area contributed by atoms with Crippen molar-refractivity contribution in [2.24, 2.45) is 17.6 Å². The van der Waals surface area contributed by atoms with Crippen LogP contribution in [0.1, 0.15) is 26.2 Å². The molecule has 1 saturated carbocycles. The van der Waals surface area contributed by atoms with E-state index < -0.39 is 11.9 Å². The number of hydrogen-bond acceptors (Lipinski definition) is 3. The molecule has 0 aliphatic heterocycles. The summed E-state index contributed by atoms with van der Waals surface area (Å²) in [6.07, 6.45) is 1.96. The number of rotatable bonds is 5. The van der Waals surface area contributed by atoms with Gasteiger partial charge in [0, 0.05) is 12.3 Å². The maximum atomic E-state index is 11.4. The van der Waals surface area contributed by atoms with Crippen LogP contribution in [0.15, 0.2) is 0 Å². The Kier molecular flexibility index (Phi) is 3.67. The van der Waals surface area contributed by atoms with Gasteiger partial charge in [-0.2, -0.15) is 5.26 Å². The van der Waals surface area contributed by atoms with Crippen LogP contribution in [0.2, 0.25) is 0 Å². The summed E-state index contributed by atoms with van der Waals surface area (Å²) >= 11 is 0. The molecule has 1 aliphatic rings. The molecule has 2 amide bonds. The molecule has 0 radical (unpaired) electrons. The van der Waals surface area contributed by atoms with E-state index in [1.165, 1.54) is 0 Å². The predicted molar refractivity (Wildman–Crippen MR) is 53.2 cm³/mol. The van der Waals surface area contributed by atoms with Gasteiger partial charge in [-0.05, 0) is 18.8 Å². The Morgan fingerprint density at radius 2 is 2.20 bits per heavy atom. The molecule has 0 bridgehead atoms. The average Bonchev–Trinajstić information content (AvgIpc) is 2.96. The molecule has 2 atom stereocenters. The van der Waals surface area contributed by atoms with Crippen molar-refractivity contribution < 1.29 is 9.59 Å². The van der Waals surface area contributed by atoms with Crippen LogP contribution < -0.4 is 11.1 Å². The van der Waals surface area contributed by atoms with Gasteiger partial charge in [-0.25, -0.2) is 0 Å². The zero-order valence-corrected chi connectivity index (χ0v) is 8.69. The van der Waals surface area contributed by atoms with Crippen molar-refractivity contribution in [1.29, 1.82) is 5.26 Å². The molecule has 0 unspecified atom stereocenters. The number of primary amides is 1. The van der Waals surface area contributed by atoms with Crippen molar-refractivity contribution in [2.75, 3.05) is 0 Å². The van der Waals surface area contributed by atoms with Crippen molar-refractivity contribution in [2.45, 2.75) is 32.2 Å². The molecule has 1 aliphatic carbocycles. The Morgan fingerprint density at radius 1 is 1.60 bits per heavy atom. The summed E-state index contributed by atoms with van der Waals surface area (Å²) < 4.78 is 0. The summed E-state index contributed by atoms with van der Waals surface area (Å²) in [5.41, 5.74) is 5.17. The summed E-state index contributed by atoms with van der Waals surface area (Å²) in [6.45, 7) is 1.73. The highest BCUT2D eigenvalue weighted by Gasteiger charge is 2.33. The molecule has 15 heavy (non-hydrogen) atoms. The lowest BCUT2D eigenvalue weighted by Gasteiger charge is -2.20. The van der Waals surface area contributed by atoms with Crippen molar-refractivity contribution in [1.82, 2.24) is 5.32 Å². The molecule has 3 N–H and O–H groups in total. The number of carbonyl (C=O) groups is 2. The molecule has 5 nitrogen and oxygen atoms in total. The van der Waals surface area contributed by atoms with E-state index >= 15 is 0 Å². The van der Waals surface area contributed by atoms with Gasteiger partial charge in [0.15, 0.2) is 0 Å². The normalized spacial score (nSPS) is 18.7. The second-order valence-electron chi connectivity index (χ2n) is 4.00. The topological polar surface area (TPSA) is 96.0 Å². The Balaban J connectivity index is 2.53. The van der Waals surface area contributed by atoms with Crippen molar-refractivity contribution >= 4 is 11.8 Å². The number of nitrogens with one attached hydrogen (secondary N) is 1. The van der Waals surface area contributed by atoms with Crippen LogP contribution in [-0.4, -0.2) is 17.9 Å². The van der Waals surface area contributed by atoms with Crippen LogP contribution in [0.25, 0.3) is 0 Å². The van der Waals surface area contributed by atoms with Crippen LogP contribution in [0.3, 0.4) is 0 Å². The first-order valence-electron chi connectivity index (χ1n) is 5.03. The van der Waals surface area contributed by atoms with Crippen molar-refractivity contribution in [3.05, 3.63) is 0 Å². The Morgan fingerprint density at radius 3 is 2.60 bits per heavy atom. The van der Waals surface area contributed by atoms with E-state index in [1.54, 1.807) is 6.92 Å². The molecule has 5 heteroatoms. The second-order valence-corrected chi connectivity index (χ2v) is 4.00. The van der Waals surface area contributed by atoms with E-state index in [1.807, 2.05) is 6.07 Å². The SMILES string of the molecule is C[C@H](CC#N)[C@@H](NC(=O)C1CC1)C(N)=O. The molecule has 0 aromatic rings. The second kappa shape index (κ2) is 4.78. The van der Waals surface area contributed by atoms with Gasteiger partial charge in [-0.1, -0.05) is 6.92 Å². The number of hydrogen-bond donors (Lipinski definition) is 2. The Labute approximate surface area is 88.6 Å². The average molecular weight is 209 g/mol. The van der Waals surface area contributed by atoms with Gasteiger partial charge in [0.1, 0.15) is 6.04 Å². The molecule has 82 valence electrons. The quantitative estimate of drug-likeness (QED) is 0.662. The zero-order valence-electron chi connectivity index (χ0n) is 8.69. The first kappa shape index (κ1) is 11.5. The lowest BCUT2D eigenvalue weighted by Crippen LogP contribution is -2.48. The fourth-order valence-electron chi connectivity index (χ4n) is 1.37. The van der Waals surface area contributed by atoms with E-state index in [9.17, 15) is 9.59 Å². The van der Waals surface area contributed by atoms with Crippen molar-refractivity contribution in [3.8, 4) is 6.07 Å². The minimum atomic E-state index is -0.724. The molecule has 0 aromatic heterocycles. The van der Waals surface area contributed by atoms with Crippen LogP contribution in [-0.2, 0) is 9.59 Å². The van der Waals surface area contributed by atoms with Gasteiger partial charge in [-0.15, -0.1) is 0 Å². The Hall–Kier alpha value is -1.57. The summed E-state index contributed by atoms with van der Waals surface area (Å²) in [5, 5.41) is 11.1. The third kappa shape index (κ3) is 3.24. The number of nitrogens with zero attached hydrogens (tertiary/aromatic N) is 1. The minimum absolute atomic E-state index is 0.0427. The maximum Gasteiger partial charge on any atom is 0.240 e. The lowest BCUT2D eigenvalue weighted by atomic mass is 9.98. The highest BCUT2D eigenvalue weighted by molar-refractivity contribution is 5.88. The molecule has 1 fully saturated rings. The van der Waals surface area contributed by atoms with Crippen LogP contribution in [0.4, 0.5) is 0 Å². The molecular formula is C10H15N3O2. The first-order chi connectivity index (χ1) is 7.06. The first-order valence-corrected chi connectivity index (χ1v) is 5.03. The van der Waals surface area contributed by atoms with E-state index in [-0.39, 0.29) is 24.2 Å². The van der Waals surface area contributed by atoms with Crippen LogP contribution >= 0.6 is 0 Å². The predicted octanol–water partition coefficient (Wildman–Crippen LogP) is -0.0837. The van der Waals surface area contributed by atoms with E-state index in [4.69, 9.17) is 11.0 Å². The summed E-state index contributed by atoms with van der Waals surface area (Å²) in [5.74, 6) is -0.897. The summed E-state index contributed by atoms with van der Waals surface area (Å²) in [4.78, 5) is 22.5. The van der Waals surface area contributed by atoms with Crippen LogP contribution in [0.5, 0.6) is 0 Å². The third-order valence-electron chi connectivity index (χ3n) is 2.53. The largest absolute Gasteiger partial charge is 0.368 e. The molecule has 0 saturated heterocycles. The highest BCUT2D eigenvalue weighted by Crippen LogP contribution is 2.29. The maximum absolute atomic E-state index is 11.4. The zero-order chi connectivity index (χ0) is 11.4. The van der Waals surface area contributed by atoms with E-state index in [0.717, 1.165) is 12.8 Å². The number of carbonyl (C=O) groups excluding carboxylic acids is 2. The molecule has 1 rings (SSSR count). The van der Waals surface area contributed by atoms with Gasteiger partial charge >= 0.3 is 0 Å². The van der Waals surface area contributed by atoms with E-state index in [0.29, 0.717) is 0 Å². The van der Waals surface area contributed by atoms with Gasteiger partial charge < -0.3 is 11.1 Å². The number of nitrogens with two attached hydrogens (primary N) is 1. The monoisotopic (exact) mass is 209 g/mol.